The van der Waals surface area contributed by atoms with Crippen LogP contribution in [0.4, 0.5) is 0 Å². The summed E-state index contributed by atoms with van der Waals surface area (Å²) in [6.45, 7) is 1.87. The summed E-state index contributed by atoms with van der Waals surface area (Å²) in [5, 5.41) is 17.9. The van der Waals surface area contributed by atoms with Crippen LogP contribution in [-0.2, 0) is 11.4 Å². The lowest BCUT2D eigenvalue weighted by Gasteiger charge is -2.08. The first-order valence-corrected chi connectivity index (χ1v) is 5.43. The second-order valence-corrected chi connectivity index (χ2v) is 3.46. The molecular formula is C13H16O4. The van der Waals surface area contributed by atoms with Gasteiger partial charge in [-0.2, -0.15) is 0 Å². The van der Waals surface area contributed by atoms with Gasteiger partial charge in [0.05, 0.1) is 6.61 Å². The number of para-hydroxylation sites is 1. The summed E-state index contributed by atoms with van der Waals surface area (Å²) in [7, 11) is 0. The molecule has 0 aliphatic heterocycles. The number of aliphatic carboxylic acids is 1. The topological polar surface area (TPSA) is 66.8 Å². The molecule has 0 amide bonds. The van der Waals surface area contributed by atoms with E-state index in [1.807, 2.05) is 6.07 Å². The van der Waals surface area contributed by atoms with Crippen molar-refractivity contribution in [3.8, 4) is 5.75 Å². The predicted molar refractivity (Wildman–Crippen MR) is 63.9 cm³/mol. The van der Waals surface area contributed by atoms with Crippen molar-refractivity contribution in [3.05, 3.63) is 41.5 Å². The Morgan fingerprint density at radius 1 is 1.41 bits per heavy atom. The van der Waals surface area contributed by atoms with E-state index in [0.29, 0.717) is 23.3 Å². The molecule has 0 saturated heterocycles. The molecule has 92 valence electrons. The Morgan fingerprint density at radius 3 is 2.71 bits per heavy atom. The van der Waals surface area contributed by atoms with Gasteiger partial charge < -0.3 is 14.9 Å². The SMILES string of the molecule is CCC(=CCOc1ccccc1CO)C(=O)O. The first-order valence-electron chi connectivity index (χ1n) is 5.43. The molecular weight excluding hydrogens is 220 g/mol. The van der Waals surface area contributed by atoms with Gasteiger partial charge in [-0.25, -0.2) is 4.79 Å². The van der Waals surface area contributed by atoms with Gasteiger partial charge in [0.15, 0.2) is 0 Å². The van der Waals surface area contributed by atoms with Gasteiger partial charge in [-0.1, -0.05) is 25.1 Å². The molecule has 1 rings (SSSR count). The van der Waals surface area contributed by atoms with Crippen LogP contribution in [0.25, 0.3) is 0 Å². The van der Waals surface area contributed by atoms with E-state index >= 15 is 0 Å². The van der Waals surface area contributed by atoms with E-state index in [-0.39, 0.29) is 13.2 Å². The number of hydrogen-bond acceptors (Lipinski definition) is 3. The first-order chi connectivity index (χ1) is 8.19. The lowest BCUT2D eigenvalue weighted by atomic mass is 10.2. The van der Waals surface area contributed by atoms with E-state index < -0.39 is 5.97 Å². The van der Waals surface area contributed by atoms with Gasteiger partial charge in [-0.3, -0.25) is 0 Å². The third kappa shape index (κ3) is 3.92. The monoisotopic (exact) mass is 236 g/mol. The molecule has 0 saturated carbocycles. The third-order valence-corrected chi connectivity index (χ3v) is 2.37. The molecule has 0 aliphatic carbocycles. The third-order valence-electron chi connectivity index (χ3n) is 2.37. The Morgan fingerprint density at radius 2 is 2.12 bits per heavy atom. The van der Waals surface area contributed by atoms with E-state index in [2.05, 4.69) is 0 Å². The second-order valence-electron chi connectivity index (χ2n) is 3.46. The minimum Gasteiger partial charge on any atom is -0.489 e. The summed E-state index contributed by atoms with van der Waals surface area (Å²) >= 11 is 0. The van der Waals surface area contributed by atoms with Crippen molar-refractivity contribution in [3.63, 3.8) is 0 Å². The molecule has 0 unspecified atom stereocenters. The van der Waals surface area contributed by atoms with E-state index in [1.54, 1.807) is 25.1 Å². The maximum atomic E-state index is 10.7. The van der Waals surface area contributed by atoms with Gasteiger partial charge in [0.2, 0.25) is 0 Å². The molecule has 0 radical (unpaired) electrons. The fourth-order valence-electron chi connectivity index (χ4n) is 1.39. The molecule has 2 N–H and O–H groups in total. The van der Waals surface area contributed by atoms with Gasteiger partial charge in [0.25, 0.3) is 0 Å². The van der Waals surface area contributed by atoms with Crippen LogP contribution in [-0.4, -0.2) is 22.8 Å². The van der Waals surface area contributed by atoms with Crippen LogP contribution in [0.3, 0.4) is 0 Å². The zero-order chi connectivity index (χ0) is 12.7. The summed E-state index contributed by atoms with van der Waals surface area (Å²) < 4.78 is 5.41. The van der Waals surface area contributed by atoms with Crippen LogP contribution in [0.15, 0.2) is 35.9 Å². The number of aliphatic hydroxyl groups excluding tert-OH is 1. The van der Waals surface area contributed by atoms with E-state index in [1.165, 1.54) is 6.08 Å². The lowest BCUT2D eigenvalue weighted by Crippen LogP contribution is -2.03. The summed E-state index contributed by atoms with van der Waals surface area (Å²) in [6, 6.07) is 7.11. The summed E-state index contributed by atoms with van der Waals surface area (Å²) in [5.41, 5.74) is 1.01. The summed E-state index contributed by atoms with van der Waals surface area (Å²) in [6.07, 6.45) is 2.00. The number of carboxylic acid groups (broad SMARTS) is 1. The van der Waals surface area contributed by atoms with Crippen molar-refractivity contribution in [1.29, 1.82) is 0 Å². The smallest absolute Gasteiger partial charge is 0.331 e. The average molecular weight is 236 g/mol. The van der Waals surface area contributed by atoms with Gasteiger partial charge in [0.1, 0.15) is 12.4 Å². The van der Waals surface area contributed by atoms with Crippen LogP contribution in [0.5, 0.6) is 5.75 Å². The molecule has 0 fully saturated rings. The number of carboxylic acids is 1. The van der Waals surface area contributed by atoms with Crippen molar-refractivity contribution in [1.82, 2.24) is 0 Å². The van der Waals surface area contributed by atoms with Crippen molar-refractivity contribution < 1.29 is 19.7 Å². The largest absolute Gasteiger partial charge is 0.489 e. The highest BCUT2D eigenvalue weighted by Crippen LogP contribution is 2.17. The quantitative estimate of drug-likeness (QED) is 0.741. The Kier molecular flexibility index (Phi) is 5.23. The Labute approximate surface area is 100 Å². The molecule has 17 heavy (non-hydrogen) atoms. The first kappa shape index (κ1) is 13.3. The highest BCUT2D eigenvalue weighted by molar-refractivity contribution is 5.86. The molecule has 4 heteroatoms. The molecule has 0 aromatic heterocycles. The molecule has 0 atom stereocenters. The number of aliphatic hydroxyl groups is 1. The highest BCUT2D eigenvalue weighted by atomic mass is 16.5. The second kappa shape index (κ2) is 6.70. The number of benzene rings is 1. The molecule has 0 bridgehead atoms. The number of carbonyl (C=O) groups is 1. The maximum absolute atomic E-state index is 10.7. The van der Waals surface area contributed by atoms with Gasteiger partial charge in [-0.15, -0.1) is 0 Å². The maximum Gasteiger partial charge on any atom is 0.331 e. The van der Waals surface area contributed by atoms with Crippen LogP contribution in [0.1, 0.15) is 18.9 Å². The van der Waals surface area contributed by atoms with Crippen molar-refractivity contribution in [2.75, 3.05) is 6.61 Å². The highest BCUT2D eigenvalue weighted by Gasteiger charge is 2.04. The Hall–Kier alpha value is -1.81. The lowest BCUT2D eigenvalue weighted by molar-refractivity contribution is -0.132. The predicted octanol–water partition coefficient (Wildman–Crippen LogP) is 1.98. The minimum absolute atomic E-state index is 0.0978. The van der Waals surface area contributed by atoms with E-state index in [9.17, 15) is 4.79 Å². The normalized spacial score (nSPS) is 11.3. The Balaban J connectivity index is 2.64. The minimum atomic E-state index is -0.924. The van der Waals surface area contributed by atoms with Crippen LogP contribution < -0.4 is 4.74 Å². The summed E-state index contributed by atoms with van der Waals surface area (Å²) in [5.74, 6) is -0.348. The molecule has 0 heterocycles. The van der Waals surface area contributed by atoms with Crippen molar-refractivity contribution in [2.24, 2.45) is 0 Å². The number of rotatable bonds is 6. The molecule has 0 spiro atoms. The zero-order valence-corrected chi connectivity index (χ0v) is 9.72. The number of ether oxygens (including phenoxy) is 1. The van der Waals surface area contributed by atoms with Gasteiger partial charge >= 0.3 is 5.97 Å². The molecule has 1 aromatic rings. The number of hydrogen-bond donors (Lipinski definition) is 2. The van der Waals surface area contributed by atoms with Crippen LogP contribution in [0.2, 0.25) is 0 Å². The van der Waals surface area contributed by atoms with Crippen LogP contribution in [0, 0.1) is 0 Å². The van der Waals surface area contributed by atoms with Crippen molar-refractivity contribution >= 4 is 5.97 Å². The zero-order valence-electron chi connectivity index (χ0n) is 9.72. The Bertz CT molecular complexity index is 410. The average Bonchev–Trinajstić information content (AvgIpc) is 2.34. The molecule has 4 nitrogen and oxygen atoms in total. The van der Waals surface area contributed by atoms with Gasteiger partial charge in [0, 0.05) is 11.1 Å². The molecule has 1 aromatic carbocycles. The van der Waals surface area contributed by atoms with Crippen LogP contribution >= 0.6 is 0 Å². The fraction of sp³-hybridized carbons (Fsp3) is 0.308. The van der Waals surface area contributed by atoms with Gasteiger partial charge in [-0.05, 0) is 18.6 Å². The molecule has 0 aliphatic rings. The van der Waals surface area contributed by atoms with Crippen molar-refractivity contribution in [2.45, 2.75) is 20.0 Å². The van der Waals surface area contributed by atoms with E-state index in [0.717, 1.165) is 0 Å². The fourth-order valence-corrected chi connectivity index (χ4v) is 1.39. The van der Waals surface area contributed by atoms with E-state index in [4.69, 9.17) is 14.9 Å². The summed E-state index contributed by atoms with van der Waals surface area (Å²) in [4.78, 5) is 10.7. The standard InChI is InChI=1S/C13H16O4/c1-2-10(13(15)16)7-8-17-12-6-4-3-5-11(12)9-14/h3-7,14H,2,8-9H2,1H3,(H,15,16).